The van der Waals surface area contributed by atoms with Crippen LogP contribution < -0.4 is 10.6 Å². The first-order valence-electron chi connectivity index (χ1n) is 7.11. The average molecular weight is 268 g/mol. The summed E-state index contributed by atoms with van der Waals surface area (Å²) in [6.45, 7) is 2.87. The Morgan fingerprint density at radius 2 is 1.80 bits per heavy atom. The van der Waals surface area contributed by atoms with Crippen LogP contribution in [0.4, 0.5) is 5.69 Å². The molecule has 2 aromatic rings. The first-order valence-corrected chi connectivity index (χ1v) is 7.11. The lowest BCUT2D eigenvalue weighted by Crippen LogP contribution is -2.13. The Morgan fingerprint density at radius 1 is 1.00 bits per heavy atom. The van der Waals surface area contributed by atoms with Crippen molar-refractivity contribution in [2.75, 3.05) is 11.9 Å². The molecule has 0 unspecified atom stereocenters. The lowest BCUT2D eigenvalue weighted by Gasteiger charge is -2.10. The molecule has 0 saturated heterocycles. The predicted molar refractivity (Wildman–Crippen MR) is 81.5 cm³/mol. The second-order valence-corrected chi connectivity index (χ2v) is 5.21. The van der Waals surface area contributed by atoms with Gasteiger partial charge in [-0.3, -0.25) is 0 Å². The van der Waals surface area contributed by atoms with E-state index in [1.54, 1.807) is 0 Å². The summed E-state index contributed by atoms with van der Waals surface area (Å²) in [4.78, 5) is 0. The van der Waals surface area contributed by atoms with Crippen molar-refractivity contribution in [3.8, 4) is 0 Å². The van der Waals surface area contributed by atoms with E-state index in [0.717, 1.165) is 31.6 Å². The summed E-state index contributed by atoms with van der Waals surface area (Å²) < 4.78 is 0. The van der Waals surface area contributed by atoms with Crippen LogP contribution in [0.5, 0.6) is 0 Å². The van der Waals surface area contributed by atoms with Crippen molar-refractivity contribution in [1.82, 2.24) is 5.32 Å². The molecule has 0 atom stereocenters. The van der Waals surface area contributed by atoms with Crippen LogP contribution in [0.3, 0.4) is 0 Å². The van der Waals surface area contributed by atoms with E-state index in [4.69, 9.17) is 5.11 Å². The van der Waals surface area contributed by atoms with Gasteiger partial charge in [-0.2, -0.15) is 0 Å². The molecule has 1 heterocycles. The van der Waals surface area contributed by atoms with Crippen LogP contribution in [0.25, 0.3) is 0 Å². The topological polar surface area (TPSA) is 44.3 Å². The van der Waals surface area contributed by atoms with Gasteiger partial charge in [-0.25, -0.2) is 0 Å². The summed E-state index contributed by atoms with van der Waals surface area (Å²) in [7, 11) is 0. The van der Waals surface area contributed by atoms with Crippen molar-refractivity contribution >= 4 is 5.69 Å². The van der Waals surface area contributed by atoms with Crippen molar-refractivity contribution in [3.63, 3.8) is 0 Å². The molecule has 0 bridgehead atoms. The van der Waals surface area contributed by atoms with Crippen LogP contribution in [0, 0.1) is 0 Å². The monoisotopic (exact) mass is 268 g/mol. The normalized spacial score (nSPS) is 13.1. The number of aliphatic hydroxyl groups is 1. The molecule has 3 N–H and O–H groups in total. The Hall–Kier alpha value is -1.84. The van der Waals surface area contributed by atoms with E-state index in [2.05, 4.69) is 41.0 Å². The molecule has 104 valence electrons. The zero-order valence-electron chi connectivity index (χ0n) is 11.5. The fourth-order valence-corrected chi connectivity index (χ4v) is 2.66. The molecule has 3 nitrogen and oxygen atoms in total. The predicted octanol–water partition coefficient (Wildman–Crippen LogP) is 2.44. The number of benzene rings is 2. The number of rotatable bonds is 5. The van der Waals surface area contributed by atoms with Crippen LogP contribution in [0.15, 0.2) is 42.5 Å². The van der Waals surface area contributed by atoms with Crippen LogP contribution in [0.2, 0.25) is 0 Å². The minimum Gasteiger partial charge on any atom is -0.392 e. The van der Waals surface area contributed by atoms with Crippen molar-refractivity contribution in [2.45, 2.75) is 26.1 Å². The molecular formula is C17H20N2O. The third-order valence-corrected chi connectivity index (χ3v) is 3.78. The Labute approximate surface area is 119 Å². The van der Waals surface area contributed by atoms with Gasteiger partial charge in [-0.15, -0.1) is 0 Å². The lowest BCUT2D eigenvalue weighted by molar-refractivity contribution is 0.282. The number of anilines is 1. The summed E-state index contributed by atoms with van der Waals surface area (Å²) in [5.74, 6) is 0. The maximum absolute atomic E-state index is 9.02. The number of aliphatic hydroxyl groups excluding tert-OH is 1. The molecule has 0 aromatic heterocycles. The van der Waals surface area contributed by atoms with Crippen LogP contribution in [-0.4, -0.2) is 11.7 Å². The molecule has 3 rings (SSSR count). The number of hydrogen-bond donors (Lipinski definition) is 3. The summed E-state index contributed by atoms with van der Waals surface area (Å²) in [5.41, 5.74) is 6.28. The van der Waals surface area contributed by atoms with Gasteiger partial charge in [-0.05, 0) is 28.7 Å². The van der Waals surface area contributed by atoms with E-state index < -0.39 is 0 Å². The zero-order valence-corrected chi connectivity index (χ0v) is 11.5. The number of para-hydroxylation sites is 1. The van der Waals surface area contributed by atoms with Crippen LogP contribution in [0.1, 0.15) is 22.3 Å². The number of hydrogen-bond acceptors (Lipinski definition) is 3. The fourth-order valence-electron chi connectivity index (χ4n) is 2.66. The largest absolute Gasteiger partial charge is 0.392 e. The van der Waals surface area contributed by atoms with Gasteiger partial charge in [0.15, 0.2) is 0 Å². The van der Waals surface area contributed by atoms with Gasteiger partial charge < -0.3 is 15.7 Å². The zero-order chi connectivity index (χ0) is 13.8. The molecule has 3 heteroatoms. The van der Waals surface area contributed by atoms with Gasteiger partial charge in [0, 0.05) is 25.3 Å². The molecule has 0 amide bonds. The molecule has 0 fully saturated rings. The Balaban J connectivity index is 1.58. The molecular weight excluding hydrogens is 248 g/mol. The first-order chi connectivity index (χ1) is 9.86. The first kappa shape index (κ1) is 13.2. The maximum atomic E-state index is 9.02. The highest BCUT2D eigenvalue weighted by atomic mass is 16.3. The molecule has 20 heavy (non-hydrogen) atoms. The average Bonchev–Trinajstić information content (AvgIpc) is 2.97. The van der Waals surface area contributed by atoms with Crippen LogP contribution in [-0.2, 0) is 26.1 Å². The Bertz CT molecular complexity index is 578. The van der Waals surface area contributed by atoms with E-state index >= 15 is 0 Å². The molecule has 1 aliphatic heterocycles. The highest BCUT2D eigenvalue weighted by Gasteiger charge is 2.12. The number of fused-ring (bicyclic) bond motifs is 1. The van der Waals surface area contributed by atoms with E-state index in [1.807, 2.05) is 12.1 Å². The van der Waals surface area contributed by atoms with Crippen molar-refractivity contribution < 1.29 is 5.11 Å². The van der Waals surface area contributed by atoms with Gasteiger partial charge in [0.2, 0.25) is 0 Å². The molecule has 0 spiro atoms. The molecule has 0 radical (unpaired) electrons. The second kappa shape index (κ2) is 6.07. The van der Waals surface area contributed by atoms with Gasteiger partial charge in [0.25, 0.3) is 0 Å². The minimum absolute atomic E-state index is 0.107. The highest BCUT2D eigenvalue weighted by Crippen LogP contribution is 2.26. The van der Waals surface area contributed by atoms with Gasteiger partial charge in [-0.1, -0.05) is 42.5 Å². The SMILES string of the molecule is OCc1ccc(CNCc2cccc3c2NCC3)cc1. The quantitative estimate of drug-likeness (QED) is 0.780. The third kappa shape index (κ3) is 2.84. The molecule has 0 saturated carbocycles. The molecule has 0 aliphatic carbocycles. The lowest BCUT2D eigenvalue weighted by atomic mass is 10.1. The summed E-state index contributed by atoms with van der Waals surface area (Å²) >= 11 is 0. The maximum Gasteiger partial charge on any atom is 0.0681 e. The molecule has 2 aromatic carbocycles. The van der Waals surface area contributed by atoms with E-state index in [0.29, 0.717) is 0 Å². The Morgan fingerprint density at radius 3 is 2.60 bits per heavy atom. The third-order valence-electron chi connectivity index (χ3n) is 3.78. The standard InChI is InChI=1S/C17H20N2O/c20-12-14-6-4-13(5-7-14)10-18-11-16-3-1-2-15-8-9-19-17(15)16/h1-7,18-20H,8-12H2. The van der Waals surface area contributed by atoms with E-state index in [1.165, 1.54) is 22.4 Å². The van der Waals surface area contributed by atoms with Crippen LogP contribution >= 0.6 is 0 Å². The second-order valence-electron chi connectivity index (χ2n) is 5.21. The van der Waals surface area contributed by atoms with Crippen molar-refractivity contribution in [3.05, 3.63) is 64.7 Å². The number of nitrogens with one attached hydrogen (secondary N) is 2. The summed E-state index contributed by atoms with van der Waals surface area (Å²) in [6.07, 6.45) is 1.13. The van der Waals surface area contributed by atoms with Crippen molar-refractivity contribution in [1.29, 1.82) is 0 Å². The van der Waals surface area contributed by atoms with Gasteiger partial charge in [0.05, 0.1) is 6.61 Å². The van der Waals surface area contributed by atoms with Crippen molar-refractivity contribution in [2.24, 2.45) is 0 Å². The molecule has 1 aliphatic rings. The highest BCUT2D eigenvalue weighted by molar-refractivity contribution is 5.61. The van der Waals surface area contributed by atoms with E-state index in [-0.39, 0.29) is 6.61 Å². The van der Waals surface area contributed by atoms with Gasteiger partial charge >= 0.3 is 0 Å². The smallest absolute Gasteiger partial charge is 0.0681 e. The fraction of sp³-hybridized carbons (Fsp3) is 0.294. The minimum atomic E-state index is 0.107. The van der Waals surface area contributed by atoms with Gasteiger partial charge in [0.1, 0.15) is 0 Å². The van der Waals surface area contributed by atoms with E-state index in [9.17, 15) is 0 Å². The summed E-state index contributed by atoms with van der Waals surface area (Å²) in [6, 6.07) is 14.6. The summed E-state index contributed by atoms with van der Waals surface area (Å²) in [5, 5.41) is 16.0. The Kier molecular flexibility index (Phi) is 4.00.